The summed E-state index contributed by atoms with van der Waals surface area (Å²) in [5, 5.41) is 6.61. The summed E-state index contributed by atoms with van der Waals surface area (Å²) in [7, 11) is 0. The van der Waals surface area contributed by atoms with Gasteiger partial charge in [0.25, 0.3) is 0 Å². The number of anilines is 1. The summed E-state index contributed by atoms with van der Waals surface area (Å²) in [5.74, 6) is -0.542. The second-order valence-corrected chi connectivity index (χ2v) is 6.64. The molecule has 2 N–H and O–H groups in total. The number of carbonyl (C=O) groups is 2. The number of para-hydroxylation sites is 1. The van der Waals surface area contributed by atoms with Crippen molar-refractivity contribution in [3.05, 3.63) is 63.0 Å². The fraction of sp³-hybridized carbons (Fsp3) is 0.118. The van der Waals surface area contributed by atoms with Crippen LogP contribution >= 0.6 is 31.9 Å². The Balaban J connectivity index is 1.73. The summed E-state index contributed by atoms with van der Waals surface area (Å²) in [6, 6.07) is 14.8. The standard InChI is InChI=1S/C17H15Br2N3O2/c18-13-7-5-12(6-8-13)11-20-22-17(24)10-9-16(23)21-15-4-2-1-3-14(15)19/h1-8,11H,9-10H2,(H,21,23)(H,22,24). The molecule has 0 heterocycles. The Kier molecular flexibility index (Phi) is 7.14. The van der Waals surface area contributed by atoms with E-state index in [0.29, 0.717) is 5.69 Å². The first-order chi connectivity index (χ1) is 11.5. The fourth-order valence-electron chi connectivity index (χ4n) is 1.79. The molecule has 0 aliphatic heterocycles. The Labute approximate surface area is 156 Å². The van der Waals surface area contributed by atoms with E-state index < -0.39 is 0 Å². The molecule has 0 spiro atoms. The second-order valence-electron chi connectivity index (χ2n) is 4.87. The third kappa shape index (κ3) is 6.25. The first-order valence-corrected chi connectivity index (χ1v) is 8.75. The predicted molar refractivity (Wildman–Crippen MR) is 102 cm³/mol. The summed E-state index contributed by atoms with van der Waals surface area (Å²) in [4.78, 5) is 23.5. The molecule has 24 heavy (non-hydrogen) atoms. The maximum atomic E-state index is 11.8. The maximum Gasteiger partial charge on any atom is 0.240 e. The van der Waals surface area contributed by atoms with Crippen LogP contribution in [-0.2, 0) is 9.59 Å². The third-order valence-corrected chi connectivity index (χ3v) is 4.22. The SMILES string of the molecule is O=C(CCC(=O)Nc1ccccc1Br)NN=Cc1ccc(Br)cc1. The van der Waals surface area contributed by atoms with E-state index in [1.807, 2.05) is 42.5 Å². The molecule has 0 aromatic heterocycles. The molecule has 7 heteroatoms. The van der Waals surface area contributed by atoms with Crippen molar-refractivity contribution in [3.63, 3.8) is 0 Å². The lowest BCUT2D eigenvalue weighted by Gasteiger charge is -2.06. The number of nitrogens with one attached hydrogen (secondary N) is 2. The number of rotatable bonds is 6. The Hall–Kier alpha value is -1.99. The van der Waals surface area contributed by atoms with Crippen molar-refractivity contribution in [1.29, 1.82) is 0 Å². The molecule has 0 aliphatic carbocycles. The number of amides is 2. The van der Waals surface area contributed by atoms with Crippen LogP contribution in [0.25, 0.3) is 0 Å². The van der Waals surface area contributed by atoms with Crippen molar-refractivity contribution >= 4 is 55.6 Å². The van der Waals surface area contributed by atoms with E-state index in [1.165, 1.54) is 0 Å². The number of benzene rings is 2. The van der Waals surface area contributed by atoms with Crippen LogP contribution in [0.3, 0.4) is 0 Å². The summed E-state index contributed by atoms with van der Waals surface area (Å²) in [6.45, 7) is 0. The average molecular weight is 453 g/mol. The molecule has 0 bridgehead atoms. The summed E-state index contributed by atoms with van der Waals surface area (Å²) in [5.41, 5.74) is 3.95. The van der Waals surface area contributed by atoms with Crippen LogP contribution in [0, 0.1) is 0 Å². The molecule has 0 saturated carbocycles. The highest BCUT2D eigenvalue weighted by Gasteiger charge is 2.08. The van der Waals surface area contributed by atoms with Gasteiger partial charge < -0.3 is 5.32 Å². The normalized spacial score (nSPS) is 10.6. The molecule has 0 fully saturated rings. The molecular weight excluding hydrogens is 438 g/mol. The van der Waals surface area contributed by atoms with Crippen molar-refractivity contribution in [2.45, 2.75) is 12.8 Å². The molecule has 2 amide bonds. The van der Waals surface area contributed by atoms with E-state index in [1.54, 1.807) is 12.3 Å². The lowest BCUT2D eigenvalue weighted by Crippen LogP contribution is -2.20. The Morgan fingerprint density at radius 2 is 1.62 bits per heavy atom. The maximum absolute atomic E-state index is 11.8. The molecule has 0 radical (unpaired) electrons. The molecule has 2 aromatic carbocycles. The van der Waals surface area contributed by atoms with Crippen LogP contribution < -0.4 is 10.7 Å². The number of hydrogen-bond acceptors (Lipinski definition) is 3. The van der Waals surface area contributed by atoms with Gasteiger partial charge in [-0.2, -0.15) is 5.10 Å². The van der Waals surface area contributed by atoms with Gasteiger partial charge in [-0.25, -0.2) is 5.43 Å². The molecule has 124 valence electrons. The number of hydrazone groups is 1. The zero-order chi connectivity index (χ0) is 17.4. The van der Waals surface area contributed by atoms with Gasteiger partial charge in [-0.05, 0) is 45.8 Å². The smallest absolute Gasteiger partial charge is 0.240 e. The lowest BCUT2D eigenvalue weighted by molar-refractivity contribution is -0.124. The largest absolute Gasteiger partial charge is 0.325 e. The molecule has 5 nitrogen and oxygen atoms in total. The van der Waals surface area contributed by atoms with E-state index in [4.69, 9.17) is 0 Å². The van der Waals surface area contributed by atoms with Crippen molar-refractivity contribution in [2.75, 3.05) is 5.32 Å². The molecule has 0 saturated heterocycles. The van der Waals surface area contributed by atoms with Crippen LogP contribution in [0.4, 0.5) is 5.69 Å². The van der Waals surface area contributed by atoms with Gasteiger partial charge in [-0.15, -0.1) is 0 Å². The highest BCUT2D eigenvalue weighted by Crippen LogP contribution is 2.21. The van der Waals surface area contributed by atoms with Crippen molar-refractivity contribution < 1.29 is 9.59 Å². The van der Waals surface area contributed by atoms with Gasteiger partial charge in [-0.1, -0.05) is 40.2 Å². The fourth-order valence-corrected chi connectivity index (χ4v) is 2.43. The number of hydrogen-bond donors (Lipinski definition) is 2. The first kappa shape index (κ1) is 18.4. The second kappa shape index (κ2) is 9.34. The Bertz CT molecular complexity index is 746. The summed E-state index contributed by atoms with van der Waals surface area (Å²) >= 11 is 6.69. The number of halogens is 2. The minimum atomic E-state index is -0.314. The topological polar surface area (TPSA) is 70.6 Å². The van der Waals surface area contributed by atoms with Crippen LogP contribution in [-0.4, -0.2) is 18.0 Å². The molecular formula is C17H15Br2N3O2. The van der Waals surface area contributed by atoms with E-state index in [9.17, 15) is 9.59 Å². The van der Waals surface area contributed by atoms with E-state index >= 15 is 0 Å². The number of nitrogens with zero attached hydrogens (tertiary/aromatic N) is 1. The van der Waals surface area contributed by atoms with Crippen LogP contribution in [0.15, 0.2) is 62.6 Å². The van der Waals surface area contributed by atoms with E-state index in [-0.39, 0.29) is 24.7 Å². The summed E-state index contributed by atoms with van der Waals surface area (Å²) in [6.07, 6.45) is 1.69. The number of carbonyl (C=O) groups excluding carboxylic acids is 2. The van der Waals surface area contributed by atoms with Gasteiger partial charge in [-0.3, -0.25) is 9.59 Å². The molecule has 2 aromatic rings. The lowest BCUT2D eigenvalue weighted by atomic mass is 10.2. The highest BCUT2D eigenvalue weighted by molar-refractivity contribution is 9.10. The first-order valence-electron chi connectivity index (χ1n) is 7.16. The zero-order valence-electron chi connectivity index (χ0n) is 12.6. The minimum absolute atomic E-state index is 0.0635. The van der Waals surface area contributed by atoms with Gasteiger partial charge in [0.1, 0.15) is 0 Å². The molecule has 0 atom stereocenters. The van der Waals surface area contributed by atoms with E-state index in [0.717, 1.165) is 14.5 Å². The highest BCUT2D eigenvalue weighted by atomic mass is 79.9. The van der Waals surface area contributed by atoms with Crippen LogP contribution in [0.5, 0.6) is 0 Å². The quantitative estimate of drug-likeness (QED) is 0.512. The van der Waals surface area contributed by atoms with Gasteiger partial charge in [0.2, 0.25) is 11.8 Å². The molecule has 0 unspecified atom stereocenters. The van der Waals surface area contributed by atoms with Gasteiger partial charge in [0.15, 0.2) is 0 Å². The molecule has 0 aliphatic rings. The van der Waals surface area contributed by atoms with Crippen LogP contribution in [0.2, 0.25) is 0 Å². The van der Waals surface area contributed by atoms with Crippen molar-refractivity contribution in [2.24, 2.45) is 5.10 Å². The van der Waals surface area contributed by atoms with Gasteiger partial charge in [0, 0.05) is 21.8 Å². The predicted octanol–water partition coefficient (Wildman–Crippen LogP) is 4.08. The summed E-state index contributed by atoms with van der Waals surface area (Å²) < 4.78 is 1.77. The Morgan fingerprint density at radius 1 is 0.958 bits per heavy atom. The third-order valence-electron chi connectivity index (χ3n) is 3.00. The van der Waals surface area contributed by atoms with Crippen LogP contribution in [0.1, 0.15) is 18.4 Å². The van der Waals surface area contributed by atoms with Gasteiger partial charge >= 0.3 is 0 Å². The zero-order valence-corrected chi connectivity index (χ0v) is 15.8. The van der Waals surface area contributed by atoms with Gasteiger partial charge in [0.05, 0.1) is 11.9 Å². The van der Waals surface area contributed by atoms with Crippen molar-refractivity contribution in [1.82, 2.24) is 5.43 Å². The van der Waals surface area contributed by atoms with Crippen molar-refractivity contribution in [3.8, 4) is 0 Å². The molecule has 2 rings (SSSR count). The van der Waals surface area contributed by atoms with E-state index in [2.05, 4.69) is 47.7 Å². The minimum Gasteiger partial charge on any atom is -0.325 e. The monoisotopic (exact) mass is 451 g/mol. The average Bonchev–Trinajstić information content (AvgIpc) is 2.57. The Morgan fingerprint density at radius 3 is 2.33 bits per heavy atom.